The minimum atomic E-state index is 0.193. The van der Waals surface area contributed by atoms with Gasteiger partial charge in [-0.3, -0.25) is 0 Å². The minimum absolute atomic E-state index is 0.193. The summed E-state index contributed by atoms with van der Waals surface area (Å²) in [4.78, 5) is 2.33. The molecular weight excluding hydrogens is 248 g/mol. The first-order chi connectivity index (χ1) is 9.71. The van der Waals surface area contributed by atoms with Crippen molar-refractivity contribution in [3.8, 4) is 5.75 Å². The molecule has 1 aromatic rings. The van der Waals surface area contributed by atoms with Crippen LogP contribution in [0.4, 0.5) is 5.69 Å². The third-order valence-electron chi connectivity index (χ3n) is 3.42. The molecule has 1 aromatic carbocycles. The SMILES string of the molecule is CCCCNCC(C)Oc1cccc(N(CC)CC)c1. The topological polar surface area (TPSA) is 24.5 Å². The first-order valence-electron chi connectivity index (χ1n) is 7.93. The molecule has 0 amide bonds. The lowest BCUT2D eigenvalue weighted by atomic mass is 10.2. The van der Waals surface area contributed by atoms with Gasteiger partial charge in [-0.05, 0) is 45.9 Å². The monoisotopic (exact) mass is 278 g/mol. The van der Waals surface area contributed by atoms with Crippen LogP contribution >= 0.6 is 0 Å². The molecule has 0 aliphatic carbocycles. The van der Waals surface area contributed by atoms with E-state index < -0.39 is 0 Å². The number of rotatable bonds is 10. The number of hydrogen-bond donors (Lipinski definition) is 1. The smallest absolute Gasteiger partial charge is 0.121 e. The van der Waals surface area contributed by atoms with E-state index in [1.54, 1.807) is 0 Å². The summed E-state index contributed by atoms with van der Waals surface area (Å²) in [6.07, 6.45) is 2.65. The number of ether oxygens (including phenoxy) is 1. The van der Waals surface area contributed by atoms with Gasteiger partial charge in [0.2, 0.25) is 0 Å². The number of hydrogen-bond acceptors (Lipinski definition) is 3. The van der Waals surface area contributed by atoms with Gasteiger partial charge in [0.15, 0.2) is 0 Å². The zero-order valence-electron chi connectivity index (χ0n) is 13.5. The summed E-state index contributed by atoms with van der Waals surface area (Å²) >= 11 is 0. The maximum absolute atomic E-state index is 5.99. The van der Waals surface area contributed by atoms with Gasteiger partial charge in [0.25, 0.3) is 0 Å². The Morgan fingerprint density at radius 3 is 2.60 bits per heavy atom. The molecule has 1 atom stereocenters. The molecule has 0 spiro atoms. The van der Waals surface area contributed by atoms with Gasteiger partial charge in [0.1, 0.15) is 11.9 Å². The molecule has 3 nitrogen and oxygen atoms in total. The highest BCUT2D eigenvalue weighted by atomic mass is 16.5. The second-order valence-electron chi connectivity index (χ2n) is 5.16. The Labute approximate surface area is 124 Å². The summed E-state index contributed by atoms with van der Waals surface area (Å²) in [5, 5.41) is 3.43. The predicted molar refractivity (Wildman–Crippen MR) is 87.9 cm³/mol. The van der Waals surface area contributed by atoms with E-state index in [4.69, 9.17) is 4.74 Å². The Bertz CT molecular complexity index is 364. The molecule has 1 N–H and O–H groups in total. The maximum atomic E-state index is 5.99. The minimum Gasteiger partial charge on any atom is -0.489 e. The largest absolute Gasteiger partial charge is 0.489 e. The van der Waals surface area contributed by atoms with Crippen molar-refractivity contribution in [2.75, 3.05) is 31.1 Å². The van der Waals surface area contributed by atoms with E-state index in [0.29, 0.717) is 0 Å². The lowest BCUT2D eigenvalue weighted by molar-refractivity contribution is 0.217. The summed E-state index contributed by atoms with van der Waals surface area (Å²) in [7, 11) is 0. The molecule has 0 heterocycles. The quantitative estimate of drug-likeness (QED) is 0.661. The molecule has 3 heteroatoms. The molecule has 0 aliphatic heterocycles. The third-order valence-corrected chi connectivity index (χ3v) is 3.42. The van der Waals surface area contributed by atoms with Crippen LogP contribution < -0.4 is 15.0 Å². The van der Waals surface area contributed by atoms with Crippen LogP contribution in [0.5, 0.6) is 5.75 Å². The van der Waals surface area contributed by atoms with Gasteiger partial charge >= 0.3 is 0 Å². The Morgan fingerprint density at radius 2 is 1.95 bits per heavy atom. The van der Waals surface area contributed by atoms with E-state index >= 15 is 0 Å². The number of anilines is 1. The van der Waals surface area contributed by atoms with Crippen LogP contribution in [0, 0.1) is 0 Å². The second kappa shape index (κ2) is 9.65. The Balaban J connectivity index is 2.48. The van der Waals surface area contributed by atoms with E-state index in [0.717, 1.165) is 31.9 Å². The second-order valence-corrected chi connectivity index (χ2v) is 5.16. The zero-order chi connectivity index (χ0) is 14.8. The average Bonchev–Trinajstić information content (AvgIpc) is 2.45. The van der Waals surface area contributed by atoms with Gasteiger partial charge in [0, 0.05) is 31.4 Å². The van der Waals surface area contributed by atoms with Gasteiger partial charge in [-0.2, -0.15) is 0 Å². The molecule has 114 valence electrons. The Kier molecular flexibility index (Phi) is 8.12. The van der Waals surface area contributed by atoms with E-state index in [9.17, 15) is 0 Å². The number of benzene rings is 1. The average molecular weight is 278 g/mol. The standard InChI is InChI=1S/C17H30N2O/c1-5-8-12-18-14-15(4)20-17-11-9-10-16(13-17)19(6-2)7-3/h9-11,13,15,18H,5-8,12,14H2,1-4H3. The molecule has 0 aliphatic rings. The summed E-state index contributed by atoms with van der Waals surface area (Å²) in [5.41, 5.74) is 1.23. The normalized spacial score (nSPS) is 12.2. The van der Waals surface area contributed by atoms with Crippen molar-refractivity contribution in [3.63, 3.8) is 0 Å². The van der Waals surface area contributed by atoms with Crippen molar-refractivity contribution in [2.45, 2.75) is 46.6 Å². The van der Waals surface area contributed by atoms with Gasteiger partial charge < -0.3 is 15.0 Å². The molecule has 20 heavy (non-hydrogen) atoms. The third kappa shape index (κ3) is 5.83. The van der Waals surface area contributed by atoms with Crippen molar-refractivity contribution >= 4 is 5.69 Å². The van der Waals surface area contributed by atoms with E-state index in [1.807, 2.05) is 6.07 Å². The summed E-state index contributed by atoms with van der Waals surface area (Å²) in [5.74, 6) is 0.958. The van der Waals surface area contributed by atoms with Crippen LogP contribution in [0.2, 0.25) is 0 Å². The van der Waals surface area contributed by atoms with Gasteiger partial charge in [-0.15, -0.1) is 0 Å². The van der Waals surface area contributed by atoms with Gasteiger partial charge in [-0.25, -0.2) is 0 Å². The highest BCUT2D eigenvalue weighted by molar-refractivity contribution is 5.50. The van der Waals surface area contributed by atoms with E-state index in [2.05, 4.69) is 56.1 Å². The molecular formula is C17H30N2O. The van der Waals surface area contributed by atoms with Crippen molar-refractivity contribution in [1.82, 2.24) is 5.32 Å². The highest BCUT2D eigenvalue weighted by Gasteiger charge is 2.06. The van der Waals surface area contributed by atoms with Crippen LogP contribution in [0.25, 0.3) is 0 Å². The number of nitrogens with one attached hydrogen (secondary N) is 1. The van der Waals surface area contributed by atoms with Crippen molar-refractivity contribution in [3.05, 3.63) is 24.3 Å². The number of nitrogens with zero attached hydrogens (tertiary/aromatic N) is 1. The van der Waals surface area contributed by atoms with E-state index in [1.165, 1.54) is 18.5 Å². The molecule has 0 radical (unpaired) electrons. The molecule has 0 saturated heterocycles. The molecule has 0 aromatic heterocycles. The van der Waals surface area contributed by atoms with E-state index in [-0.39, 0.29) is 6.10 Å². The molecule has 1 unspecified atom stereocenters. The fourth-order valence-corrected chi connectivity index (χ4v) is 2.22. The molecule has 0 saturated carbocycles. The summed E-state index contributed by atoms with van der Waals surface area (Å²) in [6.45, 7) is 12.7. The van der Waals surface area contributed by atoms with Crippen molar-refractivity contribution in [2.24, 2.45) is 0 Å². The number of unbranched alkanes of at least 4 members (excludes halogenated alkanes) is 1. The van der Waals surface area contributed by atoms with Crippen LogP contribution in [0.15, 0.2) is 24.3 Å². The maximum Gasteiger partial charge on any atom is 0.121 e. The van der Waals surface area contributed by atoms with Crippen LogP contribution in [-0.4, -0.2) is 32.3 Å². The predicted octanol–water partition coefficient (Wildman–Crippen LogP) is 3.69. The highest BCUT2D eigenvalue weighted by Crippen LogP contribution is 2.21. The molecule has 0 fully saturated rings. The van der Waals surface area contributed by atoms with Crippen LogP contribution in [-0.2, 0) is 0 Å². The van der Waals surface area contributed by atoms with Crippen molar-refractivity contribution < 1.29 is 4.74 Å². The molecule has 1 rings (SSSR count). The summed E-state index contributed by atoms with van der Waals surface area (Å²) < 4.78 is 5.99. The fraction of sp³-hybridized carbons (Fsp3) is 0.647. The first kappa shape index (κ1) is 16.8. The van der Waals surface area contributed by atoms with Crippen molar-refractivity contribution in [1.29, 1.82) is 0 Å². The zero-order valence-corrected chi connectivity index (χ0v) is 13.5. The van der Waals surface area contributed by atoms with Crippen LogP contribution in [0.1, 0.15) is 40.5 Å². The van der Waals surface area contributed by atoms with Gasteiger partial charge in [0.05, 0.1) is 0 Å². The Hall–Kier alpha value is -1.22. The lowest BCUT2D eigenvalue weighted by Gasteiger charge is -2.22. The Morgan fingerprint density at radius 1 is 1.20 bits per heavy atom. The first-order valence-corrected chi connectivity index (χ1v) is 7.93. The van der Waals surface area contributed by atoms with Crippen LogP contribution in [0.3, 0.4) is 0 Å². The summed E-state index contributed by atoms with van der Waals surface area (Å²) in [6, 6.07) is 8.38. The molecule has 0 bridgehead atoms. The lowest BCUT2D eigenvalue weighted by Crippen LogP contribution is -2.29. The fourth-order valence-electron chi connectivity index (χ4n) is 2.22. The van der Waals surface area contributed by atoms with Gasteiger partial charge in [-0.1, -0.05) is 19.4 Å².